The molecule has 4 aromatic rings. The van der Waals surface area contributed by atoms with Crippen LogP contribution in [-0.4, -0.2) is 71.4 Å². The van der Waals surface area contributed by atoms with Gasteiger partial charge in [0, 0.05) is 43.6 Å². The van der Waals surface area contributed by atoms with Crippen LogP contribution in [0.1, 0.15) is 193 Å². The molecule has 8 rings (SSSR count). The number of anilines is 2. The Kier molecular flexibility index (Phi) is 18.3. The van der Waals surface area contributed by atoms with Crippen LogP contribution in [0.25, 0.3) is 0 Å². The van der Waals surface area contributed by atoms with Gasteiger partial charge in [-0.1, -0.05) is 126 Å². The van der Waals surface area contributed by atoms with E-state index in [-0.39, 0.29) is 65.2 Å². The Morgan fingerprint density at radius 3 is 1.51 bits per heavy atom. The fraction of sp³-hybridized carbons (Fsp3) is 0.533. The number of carbonyl (C=O) groups is 4. The number of fused-ring (bicyclic) bond motifs is 2. The summed E-state index contributed by atoms with van der Waals surface area (Å²) >= 11 is 0. The second kappa shape index (κ2) is 24.1. The number of likely N-dealkylation sites (N-methyl/N-ethyl adjacent to an activating group) is 1. The highest BCUT2D eigenvalue weighted by molar-refractivity contribution is 6.06. The first-order valence-corrected chi connectivity index (χ1v) is 27.3. The number of rotatable bonds is 15. The van der Waals surface area contributed by atoms with E-state index in [1.165, 1.54) is 21.9 Å². The molecule has 4 amide bonds. The number of nitrogens with one attached hydrogen (secondary N) is 1. The molecular formula is C60H74F6N4O6. The molecule has 2 aliphatic heterocycles. The van der Waals surface area contributed by atoms with E-state index >= 15 is 0 Å². The number of carbonyl (C=O) groups excluding carboxylic acids is 4. The van der Waals surface area contributed by atoms with E-state index in [0.29, 0.717) is 32.4 Å². The molecule has 16 heteroatoms. The lowest BCUT2D eigenvalue weighted by Crippen LogP contribution is -2.53. The van der Waals surface area contributed by atoms with Gasteiger partial charge in [0.2, 0.25) is 0 Å². The van der Waals surface area contributed by atoms with Gasteiger partial charge in [-0.05, 0) is 109 Å². The lowest BCUT2D eigenvalue weighted by atomic mass is 9.79. The third-order valence-electron chi connectivity index (χ3n) is 15.4. The molecule has 412 valence electrons. The monoisotopic (exact) mass is 1060 g/mol. The molecule has 0 bridgehead atoms. The molecule has 2 aliphatic carbocycles. The first-order chi connectivity index (χ1) is 36.0. The van der Waals surface area contributed by atoms with Gasteiger partial charge in [-0.3, -0.25) is 19.2 Å². The molecule has 2 fully saturated rings. The number of alkyl halides is 6. The number of ether oxygens (including phenoxy) is 2. The number of hydrogen-bond donors (Lipinski definition) is 1. The van der Waals surface area contributed by atoms with Crippen molar-refractivity contribution in [1.82, 2.24) is 10.2 Å². The average molecular weight is 1060 g/mol. The zero-order chi connectivity index (χ0) is 55.2. The Balaban J connectivity index is 0.000000221. The standard InChI is InChI=1S/C31H39F3N2O3.C29H35F3N2O3/c1-5-7-13-18-36-26-19-23(24(31(32,33)34)20-27(26)39-30(3,4)29(36)38)28(37)35(6-2)25-17-12-11-16-22(25)21-14-9-8-10-15-21;1-4-5-11-16-34-24-17-21(22(29(30,31)32)18-25(24)37-28(2,3)27(34)36)26(35)33-23-15-10-9-14-20(23)19-12-7-6-8-13-19/h8-10,14-15,19-20,22,25H,5-7,11-13,16-18H2,1-4H3;6-8,12-13,17-18,20,23H,4-5,9-11,14-16H2,1-3H3,(H,33,35)/t22-,25+;20-,23+/m00/s1. The van der Waals surface area contributed by atoms with E-state index in [4.69, 9.17) is 9.47 Å². The van der Waals surface area contributed by atoms with Crippen LogP contribution in [0.2, 0.25) is 0 Å². The van der Waals surface area contributed by atoms with Gasteiger partial charge in [-0.15, -0.1) is 0 Å². The quantitative estimate of drug-likeness (QED) is 0.0938. The second-order valence-electron chi connectivity index (χ2n) is 21.6. The maximum absolute atomic E-state index is 14.4. The highest BCUT2D eigenvalue weighted by Gasteiger charge is 2.47. The van der Waals surface area contributed by atoms with Crippen molar-refractivity contribution in [2.75, 3.05) is 29.4 Å². The molecule has 2 saturated carbocycles. The number of nitrogens with zero attached hydrogens (tertiary/aromatic N) is 3. The zero-order valence-electron chi connectivity index (χ0n) is 45.0. The summed E-state index contributed by atoms with van der Waals surface area (Å²) in [6.07, 6.45) is 2.43. The SMILES string of the molecule is CCCCCN1C(=O)C(C)(C)Oc2cc(C(F)(F)F)c(C(=O)N(CC)[C@@H]3CCCC[C@H]3c3ccccc3)cc21.CCCCCN1C(=O)C(C)(C)Oc2cc(C(F)(F)F)c(C(=O)N[C@@H]3CCCC[C@H]3c3ccccc3)cc21. The summed E-state index contributed by atoms with van der Waals surface area (Å²) in [5, 5.41) is 2.91. The van der Waals surface area contributed by atoms with Crippen LogP contribution in [0.15, 0.2) is 84.9 Å². The van der Waals surface area contributed by atoms with Gasteiger partial charge in [0.05, 0.1) is 33.6 Å². The van der Waals surface area contributed by atoms with Crippen LogP contribution in [-0.2, 0) is 21.9 Å². The van der Waals surface area contributed by atoms with Gasteiger partial charge in [0.25, 0.3) is 23.6 Å². The van der Waals surface area contributed by atoms with Crippen molar-refractivity contribution in [3.8, 4) is 11.5 Å². The van der Waals surface area contributed by atoms with Crippen molar-refractivity contribution in [3.05, 3.63) is 118 Å². The van der Waals surface area contributed by atoms with E-state index < -0.39 is 57.6 Å². The predicted molar refractivity (Wildman–Crippen MR) is 283 cm³/mol. The summed E-state index contributed by atoms with van der Waals surface area (Å²) < 4.78 is 97.4. The van der Waals surface area contributed by atoms with E-state index in [9.17, 15) is 45.5 Å². The van der Waals surface area contributed by atoms with E-state index in [1.54, 1.807) is 32.6 Å². The average Bonchev–Trinajstić information content (AvgIpc) is 3.40. The lowest BCUT2D eigenvalue weighted by molar-refractivity contribution is -0.139. The summed E-state index contributed by atoms with van der Waals surface area (Å²) in [5.41, 5.74) is -3.03. The Bertz CT molecular complexity index is 2670. The van der Waals surface area contributed by atoms with Crippen LogP contribution >= 0.6 is 0 Å². The highest BCUT2D eigenvalue weighted by Crippen LogP contribution is 2.47. The van der Waals surface area contributed by atoms with Crippen LogP contribution in [0.3, 0.4) is 0 Å². The lowest BCUT2D eigenvalue weighted by Gasteiger charge is -2.41. The second-order valence-corrected chi connectivity index (χ2v) is 21.6. The smallest absolute Gasteiger partial charge is 0.417 e. The van der Waals surface area contributed by atoms with Crippen molar-refractivity contribution in [2.24, 2.45) is 0 Å². The molecule has 4 atom stereocenters. The molecule has 0 unspecified atom stereocenters. The van der Waals surface area contributed by atoms with Crippen molar-refractivity contribution in [3.63, 3.8) is 0 Å². The molecule has 0 spiro atoms. The molecule has 0 radical (unpaired) electrons. The van der Waals surface area contributed by atoms with Gasteiger partial charge in [-0.25, -0.2) is 0 Å². The fourth-order valence-corrected chi connectivity index (χ4v) is 11.5. The molecule has 10 nitrogen and oxygen atoms in total. The Labute approximate surface area is 443 Å². The van der Waals surface area contributed by atoms with Crippen LogP contribution in [0.4, 0.5) is 37.7 Å². The highest BCUT2D eigenvalue weighted by atomic mass is 19.4. The molecule has 0 aromatic heterocycles. The Morgan fingerprint density at radius 1 is 0.605 bits per heavy atom. The Hall–Kier alpha value is -6.06. The predicted octanol–water partition coefficient (Wildman–Crippen LogP) is 14.4. The number of unbranched alkanes of at least 4 members (excludes halogenated alkanes) is 4. The van der Waals surface area contributed by atoms with Crippen LogP contribution in [0.5, 0.6) is 11.5 Å². The van der Waals surface area contributed by atoms with E-state index in [0.717, 1.165) is 93.9 Å². The largest absolute Gasteiger partial charge is 0.476 e. The number of halogens is 6. The number of amides is 4. The van der Waals surface area contributed by atoms with Crippen LogP contribution in [0, 0.1) is 0 Å². The molecule has 2 heterocycles. The van der Waals surface area contributed by atoms with Gasteiger partial charge < -0.3 is 29.5 Å². The minimum absolute atomic E-state index is 0.0251. The summed E-state index contributed by atoms with van der Waals surface area (Å²) in [6, 6.07) is 23.4. The Morgan fingerprint density at radius 2 is 1.04 bits per heavy atom. The van der Waals surface area contributed by atoms with Gasteiger partial charge in [0.15, 0.2) is 11.2 Å². The summed E-state index contributed by atoms with van der Waals surface area (Å²) in [7, 11) is 0. The van der Waals surface area contributed by atoms with Crippen molar-refractivity contribution < 1.29 is 55.0 Å². The molecule has 1 N–H and O–H groups in total. The summed E-state index contributed by atoms with van der Waals surface area (Å²) in [5.74, 6) is -2.09. The maximum atomic E-state index is 14.4. The van der Waals surface area contributed by atoms with E-state index in [1.807, 2.05) is 81.4 Å². The minimum Gasteiger partial charge on any atom is -0.476 e. The molecule has 76 heavy (non-hydrogen) atoms. The normalized spacial score (nSPS) is 21.0. The topological polar surface area (TPSA) is 108 Å². The molecule has 4 aliphatic rings. The summed E-state index contributed by atoms with van der Waals surface area (Å²) in [4.78, 5) is 58.5. The molecular weight excluding hydrogens is 987 g/mol. The van der Waals surface area contributed by atoms with Crippen LogP contribution < -0.4 is 24.6 Å². The van der Waals surface area contributed by atoms with Crippen molar-refractivity contribution >= 4 is 35.0 Å². The number of hydrogen-bond acceptors (Lipinski definition) is 6. The number of benzene rings is 4. The minimum atomic E-state index is -4.77. The summed E-state index contributed by atoms with van der Waals surface area (Å²) in [6.45, 7) is 13.1. The first-order valence-electron chi connectivity index (χ1n) is 27.3. The third-order valence-corrected chi connectivity index (χ3v) is 15.4. The first kappa shape index (κ1) is 57.6. The van der Waals surface area contributed by atoms with Crippen molar-refractivity contribution in [1.29, 1.82) is 0 Å². The van der Waals surface area contributed by atoms with E-state index in [2.05, 4.69) is 5.32 Å². The van der Waals surface area contributed by atoms with Gasteiger partial charge >= 0.3 is 12.4 Å². The van der Waals surface area contributed by atoms with Gasteiger partial charge in [0.1, 0.15) is 11.5 Å². The molecule has 0 saturated heterocycles. The maximum Gasteiger partial charge on any atom is 0.417 e. The third kappa shape index (κ3) is 12.8. The molecule has 4 aromatic carbocycles. The fourth-order valence-electron chi connectivity index (χ4n) is 11.5. The van der Waals surface area contributed by atoms with Crippen molar-refractivity contribution in [2.45, 2.75) is 186 Å². The zero-order valence-corrected chi connectivity index (χ0v) is 45.0. The van der Waals surface area contributed by atoms with Gasteiger partial charge in [-0.2, -0.15) is 26.3 Å².